The number of carbonyl (C=O) groups excluding carboxylic acids is 1. The number of aromatic nitrogens is 1. The summed E-state index contributed by atoms with van der Waals surface area (Å²) >= 11 is 0. The molecule has 124 valence electrons. The summed E-state index contributed by atoms with van der Waals surface area (Å²) in [6, 6.07) is 4.65. The number of aromatic amines is 1. The molecule has 0 aliphatic rings. The number of benzene rings is 1. The van der Waals surface area contributed by atoms with Gasteiger partial charge in [-0.25, -0.2) is 13.6 Å². The van der Waals surface area contributed by atoms with E-state index in [1.807, 2.05) is 0 Å². The van der Waals surface area contributed by atoms with Crippen LogP contribution in [0.25, 0.3) is 11.3 Å². The summed E-state index contributed by atoms with van der Waals surface area (Å²) in [5, 5.41) is 0. The van der Waals surface area contributed by atoms with Gasteiger partial charge < -0.3 is 14.6 Å². The summed E-state index contributed by atoms with van der Waals surface area (Å²) in [5.41, 5.74) is 0.0643. The molecule has 4 nitrogen and oxygen atoms in total. The summed E-state index contributed by atoms with van der Waals surface area (Å²) in [7, 11) is 0. The van der Waals surface area contributed by atoms with Crippen molar-refractivity contribution in [1.82, 2.24) is 9.88 Å². The molecule has 0 radical (unpaired) electrons. The predicted octanol–water partition coefficient (Wildman–Crippen LogP) is 4.33. The van der Waals surface area contributed by atoms with Crippen molar-refractivity contribution >= 4 is 6.09 Å². The Hall–Kier alpha value is -2.37. The van der Waals surface area contributed by atoms with Gasteiger partial charge in [-0.05, 0) is 44.5 Å². The standard InChI is InChI=1S/C17H20F2N2O2/c1-17(2,3)23-16(22)21(4)10-11-7-15(20-9-11)13-6-5-12(18)8-14(13)19/h5-9,20H,10H2,1-4H3/i4D3. The molecule has 0 spiro atoms. The second kappa shape index (κ2) is 6.40. The zero-order valence-corrected chi connectivity index (χ0v) is 13.1. The van der Waals surface area contributed by atoms with Gasteiger partial charge in [-0.3, -0.25) is 0 Å². The van der Waals surface area contributed by atoms with Crippen LogP contribution in [0.4, 0.5) is 13.6 Å². The van der Waals surface area contributed by atoms with Gasteiger partial charge in [0, 0.05) is 34.6 Å². The van der Waals surface area contributed by atoms with Gasteiger partial charge in [0.1, 0.15) is 17.2 Å². The summed E-state index contributed by atoms with van der Waals surface area (Å²) in [6.07, 6.45) is 0.481. The molecule has 0 fully saturated rings. The topological polar surface area (TPSA) is 45.3 Å². The van der Waals surface area contributed by atoms with E-state index >= 15 is 0 Å². The molecule has 0 saturated heterocycles. The molecule has 0 atom stereocenters. The second-order valence-corrected chi connectivity index (χ2v) is 6.11. The molecule has 2 aromatic rings. The SMILES string of the molecule is [2H]C([2H])([2H])N(Cc1c[nH]c(-c2ccc(F)cc2F)c1)C(=O)OC(C)(C)C. The zero-order valence-electron chi connectivity index (χ0n) is 16.1. The van der Waals surface area contributed by atoms with Crippen molar-refractivity contribution in [3.63, 3.8) is 0 Å². The van der Waals surface area contributed by atoms with E-state index in [2.05, 4.69) is 4.98 Å². The number of amides is 1. The molecule has 6 heteroatoms. The monoisotopic (exact) mass is 325 g/mol. The van der Waals surface area contributed by atoms with Crippen molar-refractivity contribution < 1.29 is 22.4 Å². The third-order valence-electron chi connectivity index (χ3n) is 2.92. The van der Waals surface area contributed by atoms with Gasteiger partial charge in [0.15, 0.2) is 0 Å². The summed E-state index contributed by atoms with van der Waals surface area (Å²) in [6.45, 7) is 1.93. The number of nitrogens with zero attached hydrogens (tertiary/aromatic N) is 1. The van der Waals surface area contributed by atoms with Gasteiger partial charge in [-0.2, -0.15) is 0 Å². The largest absolute Gasteiger partial charge is 0.444 e. The maximum Gasteiger partial charge on any atom is 0.410 e. The highest BCUT2D eigenvalue weighted by Gasteiger charge is 2.20. The quantitative estimate of drug-likeness (QED) is 0.913. The van der Waals surface area contributed by atoms with Gasteiger partial charge in [0.2, 0.25) is 0 Å². The number of carbonyl (C=O) groups is 1. The zero-order chi connectivity index (χ0) is 19.7. The van der Waals surface area contributed by atoms with Crippen molar-refractivity contribution in [2.24, 2.45) is 0 Å². The molecule has 2 rings (SSSR count). The smallest absolute Gasteiger partial charge is 0.410 e. The van der Waals surface area contributed by atoms with Crippen LogP contribution in [-0.2, 0) is 11.3 Å². The van der Waals surface area contributed by atoms with Gasteiger partial charge in [-0.1, -0.05) is 0 Å². The van der Waals surface area contributed by atoms with Crippen LogP contribution in [0.15, 0.2) is 30.5 Å². The average Bonchev–Trinajstić information content (AvgIpc) is 2.90. The summed E-state index contributed by atoms with van der Waals surface area (Å²) < 4.78 is 54.7. The number of hydrogen-bond acceptors (Lipinski definition) is 2. The van der Waals surface area contributed by atoms with Gasteiger partial charge >= 0.3 is 6.09 Å². The van der Waals surface area contributed by atoms with Gasteiger partial charge in [0.25, 0.3) is 0 Å². The maximum absolute atomic E-state index is 13.9. The van der Waals surface area contributed by atoms with Crippen LogP contribution < -0.4 is 0 Å². The van der Waals surface area contributed by atoms with E-state index in [1.165, 1.54) is 18.3 Å². The summed E-state index contributed by atoms with van der Waals surface area (Å²) in [5.74, 6) is -1.45. The first-order chi connectivity index (χ1) is 11.9. The molecule has 1 amide bonds. The Labute approximate surface area is 138 Å². The average molecular weight is 325 g/mol. The van der Waals surface area contributed by atoms with Crippen LogP contribution >= 0.6 is 0 Å². The lowest BCUT2D eigenvalue weighted by Crippen LogP contribution is -2.33. The van der Waals surface area contributed by atoms with E-state index < -0.39 is 30.3 Å². The molecule has 0 unspecified atom stereocenters. The van der Waals surface area contributed by atoms with Crippen molar-refractivity contribution in [3.8, 4) is 11.3 Å². The Morgan fingerprint density at radius 2 is 2.09 bits per heavy atom. The Morgan fingerprint density at radius 3 is 2.70 bits per heavy atom. The molecular weight excluding hydrogens is 302 g/mol. The van der Waals surface area contributed by atoms with Crippen LogP contribution in [0.3, 0.4) is 0 Å². The first kappa shape index (κ1) is 13.1. The van der Waals surface area contributed by atoms with Gasteiger partial charge in [-0.15, -0.1) is 0 Å². The highest BCUT2D eigenvalue weighted by molar-refractivity contribution is 5.68. The predicted molar refractivity (Wildman–Crippen MR) is 83.8 cm³/mol. The molecule has 0 saturated carbocycles. The van der Waals surface area contributed by atoms with Crippen LogP contribution in [-0.4, -0.2) is 28.6 Å². The van der Waals surface area contributed by atoms with Crippen molar-refractivity contribution in [2.45, 2.75) is 32.9 Å². The Morgan fingerprint density at radius 1 is 1.35 bits per heavy atom. The number of hydrogen-bond donors (Lipinski definition) is 1. The van der Waals surface area contributed by atoms with Crippen LogP contribution in [0.1, 0.15) is 30.4 Å². The maximum atomic E-state index is 13.9. The molecule has 1 aromatic carbocycles. The normalized spacial score (nSPS) is 13.9. The van der Waals surface area contributed by atoms with Crippen molar-refractivity contribution in [1.29, 1.82) is 0 Å². The van der Waals surface area contributed by atoms with Crippen LogP contribution in [0.2, 0.25) is 0 Å². The van der Waals surface area contributed by atoms with Crippen molar-refractivity contribution in [3.05, 3.63) is 47.7 Å². The van der Waals surface area contributed by atoms with Crippen LogP contribution in [0.5, 0.6) is 0 Å². The van der Waals surface area contributed by atoms with E-state index in [0.29, 0.717) is 16.2 Å². The lowest BCUT2D eigenvalue weighted by atomic mass is 10.1. The van der Waals surface area contributed by atoms with Crippen molar-refractivity contribution in [2.75, 3.05) is 6.98 Å². The fraction of sp³-hybridized carbons (Fsp3) is 0.353. The number of halogens is 2. The number of H-pyrrole nitrogens is 1. The second-order valence-electron chi connectivity index (χ2n) is 6.11. The minimum atomic E-state index is -2.71. The Bertz CT molecular complexity index is 798. The van der Waals surface area contributed by atoms with Gasteiger partial charge in [0.05, 0.1) is 6.54 Å². The minimum absolute atomic E-state index is 0.135. The molecule has 0 bridgehead atoms. The lowest BCUT2D eigenvalue weighted by Gasteiger charge is -2.24. The Balaban J connectivity index is 2.25. The fourth-order valence-electron chi connectivity index (χ4n) is 1.96. The van der Waals surface area contributed by atoms with E-state index in [-0.39, 0.29) is 12.1 Å². The highest BCUT2D eigenvalue weighted by atomic mass is 19.1. The first-order valence-corrected chi connectivity index (χ1v) is 7.00. The third kappa shape index (κ3) is 4.55. The Kier molecular flexibility index (Phi) is 3.65. The highest BCUT2D eigenvalue weighted by Crippen LogP contribution is 2.23. The van der Waals surface area contributed by atoms with Crippen LogP contribution in [0, 0.1) is 11.6 Å². The fourth-order valence-corrected chi connectivity index (χ4v) is 1.96. The molecule has 0 aliphatic carbocycles. The molecule has 1 aromatic heterocycles. The molecular formula is C17H20F2N2O2. The summed E-state index contributed by atoms with van der Waals surface area (Å²) in [4.78, 5) is 15.6. The van der Waals surface area contributed by atoms with E-state index in [0.717, 1.165) is 12.1 Å². The van der Waals surface area contributed by atoms with E-state index in [4.69, 9.17) is 8.85 Å². The molecule has 23 heavy (non-hydrogen) atoms. The number of ether oxygens (including phenoxy) is 1. The third-order valence-corrected chi connectivity index (χ3v) is 2.92. The number of rotatable bonds is 3. The first-order valence-electron chi connectivity index (χ1n) is 8.50. The molecule has 0 aliphatic heterocycles. The van der Waals surface area contributed by atoms with E-state index in [1.54, 1.807) is 20.8 Å². The lowest BCUT2D eigenvalue weighted by molar-refractivity contribution is 0.0285. The van der Waals surface area contributed by atoms with E-state index in [9.17, 15) is 13.6 Å². The molecule has 1 N–H and O–H groups in total. The number of nitrogens with one attached hydrogen (secondary N) is 1. The molecule has 1 heterocycles. The minimum Gasteiger partial charge on any atom is -0.444 e.